The summed E-state index contributed by atoms with van der Waals surface area (Å²) >= 11 is 4.25. The van der Waals surface area contributed by atoms with E-state index in [0.29, 0.717) is 27.0 Å². The highest BCUT2D eigenvalue weighted by Crippen LogP contribution is 2.32. The Labute approximate surface area is 160 Å². The maximum absolute atomic E-state index is 12.3. The van der Waals surface area contributed by atoms with Gasteiger partial charge in [0.05, 0.1) is 17.7 Å². The Balaban J connectivity index is 1.62. The van der Waals surface area contributed by atoms with Gasteiger partial charge in [-0.3, -0.25) is 14.5 Å². The number of rotatable bonds is 2. The van der Waals surface area contributed by atoms with Gasteiger partial charge in [0.25, 0.3) is 11.8 Å². The van der Waals surface area contributed by atoms with Crippen LogP contribution in [0.2, 0.25) is 0 Å². The number of fused-ring (bicyclic) bond motifs is 2. The van der Waals surface area contributed by atoms with E-state index in [1.54, 1.807) is 36.4 Å². The van der Waals surface area contributed by atoms with Crippen molar-refractivity contribution in [3.8, 4) is 11.8 Å². The lowest BCUT2D eigenvalue weighted by Gasteiger charge is -2.08. The quantitative estimate of drug-likeness (QED) is 0.318. The number of hydrogen-bond donors (Lipinski definition) is 1. The van der Waals surface area contributed by atoms with Gasteiger partial charge in [-0.1, -0.05) is 36.1 Å². The molecule has 0 bridgehead atoms. The van der Waals surface area contributed by atoms with Crippen molar-refractivity contribution in [2.24, 2.45) is 5.18 Å². The number of nitroso groups, excluding NO2 is 1. The summed E-state index contributed by atoms with van der Waals surface area (Å²) in [5, 5.41) is 4.57. The maximum atomic E-state index is 12.3. The van der Waals surface area contributed by atoms with Crippen LogP contribution < -0.4 is 0 Å². The number of carbonyl (C=O) groups excluding carboxylic acids is 2. The fourth-order valence-electron chi connectivity index (χ4n) is 3.07. The molecule has 27 heavy (non-hydrogen) atoms. The number of benzene rings is 3. The van der Waals surface area contributed by atoms with Gasteiger partial charge >= 0.3 is 0 Å². The molecule has 0 aliphatic carbocycles. The minimum absolute atomic E-state index is 0.00419. The zero-order valence-electron chi connectivity index (χ0n) is 14.0. The van der Waals surface area contributed by atoms with E-state index >= 15 is 0 Å². The lowest BCUT2D eigenvalue weighted by atomic mass is 10.1. The molecule has 1 aliphatic rings. The highest BCUT2D eigenvalue weighted by atomic mass is 32.1. The summed E-state index contributed by atoms with van der Waals surface area (Å²) in [6, 6.07) is 15.7. The van der Waals surface area contributed by atoms with E-state index in [9.17, 15) is 14.5 Å². The van der Waals surface area contributed by atoms with Crippen molar-refractivity contribution in [1.82, 2.24) is 4.90 Å². The van der Waals surface area contributed by atoms with Gasteiger partial charge in [0.1, 0.15) is 5.69 Å². The Hall–Kier alpha value is -3.43. The Morgan fingerprint density at radius 3 is 2.30 bits per heavy atom. The zero-order valence-corrected chi connectivity index (χ0v) is 14.9. The summed E-state index contributed by atoms with van der Waals surface area (Å²) in [7, 11) is 0. The molecule has 5 nitrogen and oxygen atoms in total. The fourth-order valence-corrected chi connectivity index (χ4v) is 3.31. The van der Waals surface area contributed by atoms with E-state index in [1.807, 2.05) is 18.2 Å². The molecule has 6 heteroatoms. The minimum atomic E-state index is -0.337. The van der Waals surface area contributed by atoms with Crippen molar-refractivity contribution < 1.29 is 9.59 Å². The summed E-state index contributed by atoms with van der Waals surface area (Å²) in [6.45, 7) is -0.00419. The molecule has 0 N–H and O–H groups in total. The second-order valence-corrected chi connectivity index (χ2v) is 6.49. The summed E-state index contributed by atoms with van der Waals surface area (Å²) in [6.07, 6.45) is 0. The van der Waals surface area contributed by atoms with E-state index in [4.69, 9.17) is 0 Å². The molecule has 0 atom stereocenters. The standard InChI is InChI=1S/C21H12N2O3S/c24-20-15-5-1-2-6-16(15)21(25)23(20)11-3-4-13-7-8-14-9-10-18(27)19(22-26)17(14)12-13/h1-2,5-10,12,27H,11H2. The fraction of sp³-hybridized carbons (Fsp3) is 0.0476. The van der Waals surface area contributed by atoms with E-state index in [-0.39, 0.29) is 24.0 Å². The number of amides is 2. The van der Waals surface area contributed by atoms with Crippen LogP contribution in [0.3, 0.4) is 0 Å². The van der Waals surface area contributed by atoms with Crippen LogP contribution in [0.25, 0.3) is 10.8 Å². The van der Waals surface area contributed by atoms with E-state index in [1.165, 1.54) is 0 Å². The molecule has 3 aromatic rings. The Bertz CT molecular complexity index is 1160. The molecule has 0 radical (unpaired) electrons. The molecule has 1 aliphatic heterocycles. The zero-order chi connectivity index (χ0) is 19.0. The van der Waals surface area contributed by atoms with Crippen LogP contribution in [-0.2, 0) is 0 Å². The molecule has 2 amide bonds. The molecule has 0 aromatic heterocycles. The maximum Gasteiger partial charge on any atom is 0.262 e. The Morgan fingerprint density at radius 1 is 0.963 bits per heavy atom. The first kappa shape index (κ1) is 17.0. The Morgan fingerprint density at radius 2 is 1.63 bits per heavy atom. The lowest BCUT2D eigenvalue weighted by Crippen LogP contribution is -2.29. The SMILES string of the molecule is O=Nc1c(S)ccc2ccc(C#CCN3C(=O)c4ccccc4C3=O)cc12. The number of thiol groups is 1. The van der Waals surface area contributed by atoms with E-state index < -0.39 is 0 Å². The predicted molar refractivity (Wildman–Crippen MR) is 105 cm³/mol. The van der Waals surface area contributed by atoms with Crippen LogP contribution in [0.1, 0.15) is 26.3 Å². The summed E-state index contributed by atoms with van der Waals surface area (Å²) < 4.78 is 0. The van der Waals surface area contributed by atoms with Crippen molar-refractivity contribution in [3.63, 3.8) is 0 Å². The molecule has 0 fully saturated rings. The van der Waals surface area contributed by atoms with Crippen LogP contribution in [0, 0.1) is 16.7 Å². The molecule has 0 saturated carbocycles. The average Bonchev–Trinajstić information content (AvgIpc) is 2.93. The molecule has 3 aromatic carbocycles. The molecule has 4 rings (SSSR count). The van der Waals surface area contributed by atoms with Gasteiger partial charge in [-0.2, -0.15) is 0 Å². The minimum Gasteiger partial charge on any atom is -0.269 e. The van der Waals surface area contributed by atoms with Crippen molar-refractivity contribution in [2.45, 2.75) is 4.90 Å². The van der Waals surface area contributed by atoms with Crippen molar-refractivity contribution in [2.75, 3.05) is 6.54 Å². The highest BCUT2D eigenvalue weighted by molar-refractivity contribution is 7.80. The third kappa shape index (κ3) is 2.88. The van der Waals surface area contributed by atoms with Crippen molar-refractivity contribution in [1.29, 1.82) is 0 Å². The van der Waals surface area contributed by atoms with Gasteiger partial charge < -0.3 is 0 Å². The predicted octanol–water partition coefficient (Wildman–Crippen LogP) is 4.17. The normalized spacial score (nSPS) is 12.7. The number of imide groups is 1. The third-order valence-corrected chi connectivity index (χ3v) is 4.77. The van der Waals surface area contributed by atoms with Crippen LogP contribution in [0.15, 0.2) is 64.7 Å². The van der Waals surface area contributed by atoms with Crippen LogP contribution in [0.4, 0.5) is 5.69 Å². The smallest absolute Gasteiger partial charge is 0.262 e. The van der Waals surface area contributed by atoms with Gasteiger partial charge in [0.15, 0.2) is 0 Å². The van der Waals surface area contributed by atoms with Crippen LogP contribution in [-0.4, -0.2) is 23.3 Å². The largest absolute Gasteiger partial charge is 0.269 e. The molecule has 0 saturated heterocycles. The lowest BCUT2D eigenvalue weighted by molar-refractivity contribution is 0.0675. The van der Waals surface area contributed by atoms with Gasteiger partial charge in [-0.15, -0.1) is 17.5 Å². The molecular formula is C21H12N2O3S. The van der Waals surface area contributed by atoms with E-state index in [2.05, 4.69) is 29.6 Å². The van der Waals surface area contributed by atoms with Crippen molar-refractivity contribution in [3.05, 3.63) is 76.2 Å². The first-order valence-electron chi connectivity index (χ1n) is 8.13. The number of hydrogen-bond acceptors (Lipinski definition) is 5. The van der Waals surface area contributed by atoms with Gasteiger partial charge in [-0.05, 0) is 40.9 Å². The van der Waals surface area contributed by atoms with Gasteiger partial charge in [0.2, 0.25) is 0 Å². The molecule has 0 unspecified atom stereocenters. The summed E-state index contributed by atoms with van der Waals surface area (Å²) in [5.74, 6) is 5.13. The molecule has 0 spiro atoms. The second-order valence-electron chi connectivity index (χ2n) is 6.00. The summed E-state index contributed by atoms with van der Waals surface area (Å²) in [5.41, 5.74) is 1.72. The molecule has 130 valence electrons. The number of carbonyl (C=O) groups is 2. The molecule has 1 heterocycles. The monoisotopic (exact) mass is 372 g/mol. The summed E-state index contributed by atoms with van der Waals surface area (Å²) in [4.78, 5) is 37.4. The van der Waals surface area contributed by atoms with E-state index in [0.717, 1.165) is 10.3 Å². The average molecular weight is 372 g/mol. The van der Waals surface area contributed by atoms with Gasteiger partial charge in [0, 0.05) is 15.8 Å². The highest BCUT2D eigenvalue weighted by Gasteiger charge is 2.34. The first-order chi connectivity index (χ1) is 13.1. The first-order valence-corrected chi connectivity index (χ1v) is 8.58. The van der Waals surface area contributed by atoms with Crippen LogP contribution >= 0.6 is 12.6 Å². The van der Waals surface area contributed by atoms with Crippen LogP contribution in [0.5, 0.6) is 0 Å². The van der Waals surface area contributed by atoms with Crippen molar-refractivity contribution >= 4 is 40.9 Å². The van der Waals surface area contributed by atoms with Gasteiger partial charge in [-0.25, -0.2) is 0 Å². The second kappa shape index (κ2) is 6.71. The third-order valence-electron chi connectivity index (χ3n) is 4.41. The topological polar surface area (TPSA) is 66.8 Å². The molecular weight excluding hydrogens is 360 g/mol. The Kier molecular flexibility index (Phi) is 4.22. The number of nitrogens with zero attached hydrogens (tertiary/aromatic N) is 2.